The summed E-state index contributed by atoms with van der Waals surface area (Å²) in [4.78, 5) is 16.8. The summed E-state index contributed by atoms with van der Waals surface area (Å²) in [5.41, 5.74) is 1.79. The lowest BCUT2D eigenvalue weighted by Gasteiger charge is -2.37. The number of rotatable bonds is 4. The molecule has 1 aliphatic rings. The standard InChI is InChI=1S/C16H23FN2O/c1-12-8-14(17)5-4-13(12)9-16(20)10-15-11-18(2)6-7-19(15)3/h4-5,8,15H,6-7,9-11H2,1-3H3. The molecule has 0 spiro atoms. The van der Waals surface area contributed by atoms with E-state index in [1.54, 1.807) is 6.07 Å². The van der Waals surface area contributed by atoms with Gasteiger partial charge in [0.2, 0.25) is 0 Å². The average Bonchev–Trinajstić information content (AvgIpc) is 2.37. The molecule has 1 fully saturated rings. The van der Waals surface area contributed by atoms with Gasteiger partial charge in [0.25, 0.3) is 0 Å². The van der Waals surface area contributed by atoms with Gasteiger partial charge >= 0.3 is 0 Å². The summed E-state index contributed by atoms with van der Waals surface area (Å²) < 4.78 is 13.1. The lowest BCUT2D eigenvalue weighted by atomic mass is 9.98. The van der Waals surface area contributed by atoms with Crippen LogP contribution in [0.25, 0.3) is 0 Å². The van der Waals surface area contributed by atoms with Crippen LogP contribution in [0.5, 0.6) is 0 Å². The van der Waals surface area contributed by atoms with Crippen molar-refractivity contribution in [3.63, 3.8) is 0 Å². The second-order valence-electron chi connectivity index (χ2n) is 5.89. The Labute approximate surface area is 120 Å². The highest BCUT2D eigenvalue weighted by molar-refractivity contribution is 5.81. The fourth-order valence-corrected chi connectivity index (χ4v) is 2.73. The van der Waals surface area contributed by atoms with E-state index in [0.29, 0.717) is 18.9 Å². The molecule has 0 aliphatic carbocycles. The van der Waals surface area contributed by atoms with Crippen LogP contribution in [-0.2, 0) is 11.2 Å². The minimum absolute atomic E-state index is 0.229. The smallest absolute Gasteiger partial charge is 0.138 e. The topological polar surface area (TPSA) is 23.6 Å². The number of halogens is 1. The quantitative estimate of drug-likeness (QED) is 0.840. The molecule has 2 rings (SSSR count). The van der Waals surface area contributed by atoms with E-state index in [2.05, 4.69) is 23.9 Å². The monoisotopic (exact) mass is 278 g/mol. The average molecular weight is 278 g/mol. The molecule has 1 atom stereocenters. The van der Waals surface area contributed by atoms with Crippen molar-refractivity contribution in [1.29, 1.82) is 0 Å². The second-order valence-corrected chi connectivity index (χ2v) is 5.89. The van der Waals surface area contributed by atoms with Crippen molar-refractivity contribution in [2.24, 2.45) is 0 Å². The molecular formula is C16H23FN2O. The Morgan fingerprint density at radius 3 is 2.80 bits per heavy atom. The van der Waals surface area contributed by atoms with Crippen LogP contribution in [0.1, 0.15) is 17.5 Å². The van der Waals surface area contributed by atoms with E-state index < -0.39 is 0 Å². The maximum absolute atomic E-state index is 13.1. The Morgan fingerprint density at radius 1 is 1.35 bits per heavy atom. The highest BCUT2D eigenvalue weighted by Gasteiger charge is 2.24. The third kappa shape index (κ3) is 3.87. The number of hydrogen-bond donors (Lipinski definition) is 0. The molecule has 110 valence electrons. The van der Waals surface area contributed by atoms with Crippen molar-refractivity contribution in [3.05, 3.63) is 35.1 Å². The van der Waals surface area contributed by atoms with Crippen molar-refractivity contribution in [2.45, 2.75) is 25.8 Å². The van der Waals surface area contributed by atoms with Crippen LogP contribution in [0.15, 0.2) is 18.2 Å². The number of piperazine rings is 1. The van der Waals surface area contributed by atoms with Gasteiger partial charge in [-0.25, -0.2) is 4.39 Å². The Morgan fingerprint density at radius 2 is 2.10 bits per heavy atom. The van der Waals surface area contributed by atoms with Gasteiger partial charge in [0, 0.05) is 38.5 Å². The normalized spacial score (nSPS) is 21.1. The first-order valence-corrected chi connectivity index (χ1v) is 7.11. The van der Waals surface area contributed by atoms with Gasteiger partial charge in [0.1, 0.15) is 11.6 Å². The minimum atomic E-state index is -0.243. The van der Waals surface area contributed by atoms with Gasteiger partial charge in [0.05, 0.1) is 0 Å². The second kappa shape index (κ2) is 6.46. The fourth-order valence-electron chi connectivity index (χ4n) is 2.73. The van der Waals surface area contributed by atoms with Crippen LogP contribution in [0.2, 0.25) is 0 Å². The molecule has 0 amide bonds. The first kappa shape index (κ1) is 15.1. The van der Waals surface area contributed by atoms with E-state index in [-0.39, 0.29) is 11.6 Å². The zero-order valence-corrected chi connectivity index (χ0v) is 12.5. The van der Waals surface area contributed by atoms with Gasteiger partial charge in [-0.2, -0.15) is 0 Å². The first-order valence-electron chi connectivity index (χ1n) is 7.11. The molecule has 1 aromatic rings. The Balaban J connectivity index is 1.94. The number of hydrogen-bond acceptors (Lipinski definition) is 3. The highest BCUT2D eigenvalue weighted by Crippen LogP contribution is 2.15. The van der Waals surface area contributed by atoms with E-state index in [9.17, 15) is 9.18 Å². The zero-order valence-electron chi connectivity index (χ0n) is 12.5. The van der Waals surface area contributed by atoms with Crippen molar-refractivity contribution in [2.75, 3.05) is 33.7 Å². The molecule has 0 bridgehead atoms. The summed E-state index contributed by atoms with van der Waals surface area (Å²) in [6, 6.07) is 4.93. The maximum atomic E-state index is 13.1. The predicted octanol–water partition coefficient (Wildman–Crippen LogP) is 1.88. The largest absolute Gasteiger partial charge is 0.304 e. The van der Waals surface area contributed by atoms with Crippen LogP contribution >= 0.6 is 0 Å². The number of benzene rings is 1. The molecule has 1 heterocycles. The number of ketones is 1. The van der Waals surface area contributed by atoms with Crippen molar-refractivity contribution < 1.29 is 9.18 Å². The maximum Gasteiger partial charge on any atom is 0.138 e. The number of aryl methyl sites for hydroxylation is 1. The zero-order chi connectivity index (χ0) is 14.7. The highest BCUT2D eigenvalue weighted by atomic mass is 19.1. The van der Waals surface area contributed by atoms with E-state index >= 15 is 0 Å². The van der Waals surface area contributed by atoms with Crippen LogP contribution in [0.3, 0.4) is 0 Å². The molecular weight excluding hydrogens is 255 g/mol. The molecule has 4 heteroatoms. The van der Waals surface area contributed by atoms with E-state index in [1.165, 1.54) is 12.1 Å². The molecule has 1 saturated heterocycles. The minimum Gasteiger partial charge on any atom is -0.304 e. The van der Waals surface area contributed by atoms with Crippen LogP contribution in [0.4, 0.5) is 4.39 Å². The molecule has 3 nitrogen and oxygen atoms in total. The lowest BCUT2D eigenvalue weighted by Crippen LogP contribution is -2.50. The summed E-state index contributed by atoms with van der Waals surface area (Å²) >= 11 is 0. The number of carbonyl (C=O) groups excluding carboxylic acids is 1. The van der Waals surface area contributed by atoms with Crippen molar-refractivity contribution in [3.8, 4) is 0 Å². The molecule has 0 N–H and O–H groups in total. The summed E-state index contributed by atoms with van der Waals surface area (Å²) in [6.07, 6.45) is 0.970. The summed E-state index contributed by atoms with van der Waals surface area (Å²) in [5, 5.41) is 0. The lowest BCUT2D eigenvalue weighted by molar-refractivity contribution is -0.120. The van der Waals surface area contributed by atoms with Crippen LogP contribution in [-0.4, -0.2) is 55.4 Å². The van der Waals surface area contributed by atoms with Gasteiger partial charge in [-0.05, 0) is 44.3 Å². The number of likely N-dealkylation sites (N-methyl/N-ethyl adjacent to an activating group) is 2. The van der Waals surface area contributed by atoms with Gasteiger partial charge in [0.15, 0.2) is 0 Å². The first-order chi connectivity index (χ1) is 9.45. The summed E-state index contributed by atoms with van der Waals surface area (Å²) in [6.45, 7) is 4.85. The number of nitrogens with zero attached hydrogens (tertiary/aromatic N) is 2. The third-order valence-electron chi connectivity index (χ3n) is 4.14. The number of Topliss-reactive ketones (excluding diaryl/α,β-unsaturated/α-hetero) is 1. The van der Waals surface area contributed by atoms with E-state index in [1.807, 2.05) is 6.92 Å². The van der Waals surface area contributed by atoms with Gasteiger partial charge in [-0.1, -0.05) is 6.07 Å². The Bertz CT molecular complexity index is 489. The van der Waals surface area contributed by atoms with Crippen molar-refractivity contribution in [1.82, 2.24) is 9.80 Å². The SMILES string of the molecule is Cc1cc(F)ccc1CC(=O)CC1CN(C)CCN1C. The molecule has 1 aliphatic heterocycles. The van der Waals surface area contributed by atoms with Crippen LogP contribution in [0, 0.1) is 12.7 Å². The van der Waals surface area contributed by atoms with Gasteiger partial charge in [-0.15, -0.1) is 0 Å². The van der Waals surface area contributed by atoms with Gasteiger partial charge in [-0.3, -0.25) is 4.79 Å². The fraction of sp³-hybridized carbons (Fsp3) is 0.562. The van der Waals surface area contributed by atoms with E-state index in [0.717, 1.165) is 30.8 Å². The molecule has 0 radical (unpaired) electrons. The van der Waals surface area contributed by atoms with Gasteiger partial charge < -0.3 is 9.80 Å². The number of carbonyl (C=O) groups is 1. The molecule has 1 unspecified atom stereocenters. The molecule has 0 aromatic heterocycles. The summed E-state index contributed by atoms with van der Waals surface area (Å²) in [7, 11) is 4.17. The van der Waals surface area contributed by atoms with E-state index in [4.69, 9.17) is 0 Å². The molecule has 1 aromatic carbocycles. The Hall–Kier alpha value is -1.26. The third-order valence-corrected chi connectivity index (χ3v) is 4.14. The van der Waals surface area contributed by atoms with Crippen molar-refractivity contribution >= 4 is 5.78 Å². The molecule has 0 saturated carbocycles. The summed E-state index contributed by atoms with van der Waals surface area (Å²) in [5.74, 6) is -0.0146. The van der Waals surface area contributed by atoms with Crippen LogP contribution < -0.4 is 0 Å². The Kier molecular flexibility index (Phi) is 4.89. The molecule has 20 heavy (non-hydrogen) atoms. The predicted molar refractivity (Wildman–Crippen MR) is 78.4 cm³/mol.